The Bertz CT molecular complexity index is 1760. The molecule has 0 unspecified atom stereocenters. The Morgan fingerprint density at radius 2 is 1.95 bits per heavy atom. The number of rotatable bonds is 8. The smallest absolute Gasteiger partial charge is 0.238 e. The number of hydrogen-bond acceptors (Lipinski definition) is 8. The van der Waals surface area contributed by atoms with Crippen molar-refractivity contribution in [1.29, 1.82) is 5.26 Å². The van der Waals surface area contributed by atoms with Gasteiger partial charge in [0.2, 0.25) is 11.8 Å². The molecular formula is C29H24FN7O3. The van der Waals surface area contributed by atoms with Gasteiger partial charge in [-0.2, -0.15) is 5.26 Å². The Morgan fingerprint density at radius 1 is 1.10 bits per heavy atom. The number of nitrogens with zero attached hydrogens (tertiary/aromatic N) is 5. The Balaban J connectivity index is 1.43. The van der Waals surface area contributed by atoms with Gasteiger partial charge >= 0.3 is 0 Å². The largest absolute Gasteiger partial charge is 0.492 e. The zero-order valence-electron chi connectivity index (χ0n) is 21.9. The first-order chi connectivity index (χ1) is 19.3. The average Bonchev–Trinajstić information content (AvgIpc) is 3.39. The van der Waals surface area contributed by atoms with E-state index < -0.39 is 5.82 Å². The highest BCUT2D eigenvalue weighted by Gasteiger charge is 2.16. The summed E-state index contributed by atoms with van der Waals surface area (Å²) in [6, 6.07) is 15.1. The summed E-state index contributed by atoms with van der Waals surface area (Å²) < 4.78 is 28.3. The number of pyridine rings is 2. The highest BCUT2D eigenvalue weighted by atomic mass is 19.1. The Morgan fingerprint density at radius 3 is 2.65 bits per heavy atom. The standard InChI is InChI=1S/C29H24FN7O3/c1-4-39-27-13-25-22(12-26(27)34-18(3)38)29(19(14-31)15-33-25)35-24-8-7-21(11-23(24)30)40-28-9-10-37(36-28)20-6-5-17(2)32-16-20/h5-13,15-16H,4H2,1-3H3,(H,33,35)(H,34,38). The number of hydrogen-bond donors (Lipinski definition) is 2. The van der Waals surface area contributed by atoms with E-state index in [1.165, 1.54) is 25.3 Å². The average molecular weight is 538 g/mol. The maximum absolute atomic E-state index is 15.2. The number of fused-ring (bicyclic) bond motifs is 1. The third kappa shape index (κ3) is 5.51. The number of halogens is 1. The van der Waals surface area contributed by atoms with E-state index in [2.05, 4.69) is 31.8 Å². The van der Waals surface area contributed by atoms with E-state index in [-0.39, 0.29) is 28.8 Å². The maximum atomic E-state index is 15.2. The van der Waals surface area contributed by atoms with E-state index >= 15 is 4.39 Å². The van der Waals surface area contributed by atoms with Gasteiger partial charge in [-0.25, -0.2) is 9.07 Å². The van der Waals surface area contributed by atoms with Crippen LogP contribution in [0.1, 0.15) is 25.1 Å². The second-order valence-electron chi connectivity index (χ2n) is 8.76. The van der Waals surface area contributed by atoms with Crippen LogP contribution < -0.4 is 20.1 Å². The van der Waals surface area contributed by atoms with E-state index in [0.717, 1.165) is 11.4 Å². The Hall–Kier alpha value is -5.50. The first-order valence-electron chi connectivity index (χ1n) is 12.3. The lowest BCUT2D eigenvalue weighted by atomic mass is 10.1. The zero-order valence-corrected chi connectivity index (χ0v) is 21.9. The normalized spacial score (nSPS) is 10.7. The molecule has 2 aromatic carbocycles. The fourth-order valence-electron chi connectivity index (χ4n) is 4.02. The summed E-state index contributed by atoms with van der Waals surface area (Å²) in [5.41, 5.74) is 3.20. The second kappa shape index (κ2) is 11.1. The van der Waals surface area contributed by atoms with Crippen LogP contribution in [0.5, 0.6) is 17.4 Å². The van der Waals surface area contributed by atoms with Gasteiger partial charge in [0.05, 0.1) is 46.6 Å². The van der Waals surface area contributed by atoms with Gasteiger partial charge in [-0.1, -0.05) is 0 Å². The van der Waals surface area contributed by atoms with Crippen molar-refractivity contribution in [3.63, 3.8) is 0 Å². The number of ether oxygens (including phenoxy) is 2. The molecule has 0 atom stereocenters. The number of nitriles is 1. The van der Waals surface area contributed by atoms with Crippen LogP contribution in [0, 0.1) is 24.1 Å². The van der Waals surface area contributed by atoms with Crippen LogP contribution in [0.15, 0.2) is 67.1 Å². The molecule has 10 nitrogen and oxygen atoms in total. The van der Waals surface area contributed by atoms with Crippen molar-refractivity contribution in [3.05, 3.63) is 84.2 Å². The molecule has 0 radical (unpaired) electrons. The summed E-state index contributed by atoms with van der Waals surface area (Å²) in [6.07, 6.45) is 4.81. The van der Waals surface area contributed by atoms with Crippen LogP contribution in [0.2, 0.25) is 0 Å². The third-order valence-electron chi connectivity index (χ3n) is 5.85. The van der Waals surface area contributed by atoms with Crippen molar-refractivity contribution in [1.82, 2.24) is 19.7 Å². The quantitative estimate of drug-likeness (QED) is 0.246. The molecule has 0 aliphatic rings. The van der Waals surface area contributed by atoms with E-state index in [1.807, 2.05) is 26.0 Å². The summed E-state index contributed by atoms with van der Waals surface area (Å²) in [7, 11) is 0. The maximum Gasteiger partial charge on any atom is 0.238 e. The highest BCUT2D eigenvalue weighted by Crippen LogP contribution is 2.37. The molecule has 3 heterocycles. The molecule has 0 aliphatic carbocycles. The lowest BCUT2D eigenvalue weighted by molar-refractivity contribution is -0.114. The first-order valence-corrected chi connectivity index (χ1v) is 12.3. The summed E-state index contributed by atoms with van der Waals surface area (Å²) in [5.74, 6) is 0.0535. The predicted octanol–water partition coefficient (Wildman–Crippen LogP) is 6.03. The topological polar surface area (TPSA) is 127 Å². The molecule has 0 saturated heterocycles. The molecule has 11 heteroatoms. The number of carbonyl (C=O) groups is 1. The van der Waals surface area contributed by atoms with Gasteiger partial charge < -0.3 is 20.1 Å². The molecule has 0 aliphatic heterocycles. The van der Waals surface area contributed by atoms with E-state index in [0.29, 0.717) is 34.6 Å². The van der Waals surface area contributed by atoms with Crippen molar-refractivity contribution >= 4 is 33.9 Å². The number of aryl methyl sites for hydroxylation is 1. The molecule has 3 aromatic heterocycles. The number of benzene rings is 2. The SMILES string of the molecule is CCOc1cc2ncc(C#N)c(Nc3ccc(Oc4ccn(-c5ccc(C)nc5)n4)cc3F)c2cc1NC(C)=O. The molecule has 1 amide bonds. The summed E-state index contributed by atoms with van der Waals surface area (Å²) >= 11 is 0. The minimum atomic E-state index is -0.610. The summed E-state index contributed by atoms with van der Waals surface area (Å²) in [4.78, 5) is 20.4. The van der Waals surface area contributed by atoms with Crippen molar-refractivity contribution in [3.8, 4) is 29.1 Å². The van der Waals surface area contributed by atoms with Crippen LogP contribution >= 0.6 is 0 Å². The van der Waals surface area contributed by atoms with Crippen LogP contribution in [0.3, 0.4) is 0 Å². The highest BCUT2D eigenvalue weighted by molar-refractivity contribution is 6.01. The zero-order chi connectivity index (χ0) is 28.2. The Kier molecular flexibility index (Phi) is 7.24. The van der Waals surface area contributed by atoms with Gasteiger partial charge in [0, 0.05) is 48.6 Å². The molecule has 5 rings (SSSR count). The number of nitrogens with one attached hydrogen (secondary N) is 2. The van der Waals surface area contributed by atoms with Crippen LogP contribution in [0.4, 0.5) is 21.5 Å². The summed E-state index contributed by atoms with van der Waals surface area (Å²) in [5, 5.41) is 20.3. The lowest BCUT2D eigenvalue weighted by Crippen LogP contribution is -2.08. The summed E-state index contributed by atoms with van der Waals surface area (Å²) in [6.45, 7) is 5.48. The monoisotopic (exact) mass is 537 g/mol. The van der Waals surface area contributed by atoms with Crippen LogP contribution in [0.25, 0.3) is 16.6 Å². The molecule has 2 N–H and O–H groups in total. The van der Waals surface area contributed by atoms with E-state index in [9.17, 15) is 10.1 Å². The minimum Gasteiger partial charge on any atom is -0.492 e. The lowest BCUT2D eigenvalue weighted by Gasteiger charge is -2.16. The molecule has 5 aromatic rings. The van der Waals surface area contributed by atoms with Gasteiger partial charge in [-0.05, 0) is 44.2 Å². The van der Waals surface area contributed by atoms with Crippen LogP contribution in [-0.4, -0.2) is 32.3 Å². The molecule has 0 saturated carbocycles. The Labute approximate surface area is 229 Å². The molecule has 0 bridgehead atoms. The number of aromatic nitrogens is 4. The van der Waals surface area contributed by atoms with Gasteiger partial charge in [-0.3, -0.25) is 14.8 Å². The molecule has 40 heavy (non-hydrogen) atoms. The van der Waals surface area contributed by atoms with Crippen molar-refractivity contribution in [2.24, 2.45) is 0 Å². The number of anilines is 3. The van der Waals surface area contributed by atoms with Gasteiger partial charge in [0.1, 0.15) is 23.4 Å². The van der Waals surface area contributed by atoms with Gasteiger partial charge in [0.25, 0.3) is 0 Å². The molecule has 0 spiro atoms. The van der Waals surface area contributed by atoms with Crippen molar-refractivity contribution < 1.29 is 18.7 Å². The van der Waals surface area contributed by atoms with Crippen LogP contribution in [-0.2, 0) is 4.79 Å². The van der Waals surface area contributed by atoms with Crippen molar-refractivity contribution in [2.75, 3.05) is 17.2 Å². The molecule has 200 valence electrons. The number of carbonyl (C=O) groups excluding carboxylic acids is 1. The van der Waals surface area contributed by atoms with Crippen molar-refractivity contribution in [2.45, 2.75) is 20.8 Å². The third-order valence-corrected chi connectivity index (χ3v) is 5.85. The second-order valence-corrected chi connectivity index (χ2v) is 8.76. The fourth-order valence-corrected chi connectivity index (χ4v) is 4.02. The van der Waals surface area contributed by atoms with Gasteiger partial charge in [0.15, 0.2) is 0 Å². The number of amides is 1. The molecule has 0 fully saturated rings. The first kappa shape index (κ1) is 26.1. The van der Waals surface area contributed by atoms with E-state index in [4.69, 9.17) is 9.47 Å². The minimum absolute atomic E-state index is 0.113. The molecular weight excluding hydrogens is 513 g/mol. The predicted molar refractivity (Wildman–Crippen MR) is 148 cm³/mol. The fraction of sp³-hybridized carbons (Fsp3) is 0.138. The van der Waals surface area contributed by atoms with Gasteiger partial charge in [-0.15, -0.1) is 5.10 Å². The van der Waals surface area contributed by atoms with E-state index in [1.54, 1.807) is 41.3 Å².